The van der Waals surface area contributed by atoms with Crippen molar-refractivity contribution in [2.24, 2.45) is 0 Å². The molecule has 1 unspecified atom stereocenters. The van der Waals surface area contributed by atoms with Crippen LogP contribution in [0.15, 0.2) is 48.5 Å². The SMILES string of the molecule is Nc1ccc(OC(F)c2ccccc2)c(Cl)c1. The van der Waals surface area contributed by atoms with Crippen LogP contribution in [-0.2, 0) is 0 Å². The van der Waals surface area contributed by atoms with E-state index < -0.39 is 6.36 Å². The fourth-order valence-electron chi connectivity index (χ4n) is 1.40. The normalized spacial score (nSPS) is 12.1. The molecule has 0 radical (unpaired) electrons. The highest BCUT2D eigenvalue weighted by atomic mass is 35.5. The van der Waals surface area contributed by atoms with Gasteiger partial charge in [-0.3, -0.25) is 0 Å². The van der Waals surface area contributed by atoms with Gasteiger partial charge >= 0.3 is 0 Å². The second-order valence-electron chi connectivity index (χ2n) is 3.53. The molecule has 0 bridgehead atoms. The Balaban J connectivity index is 2.16. The quantitative estimate of drug-likeness (QED) is 0.838. The van der Waals surface area contributed by atoms with Crippen molar-refractivity contribution in [1.82, 2.24) is 0 Å². The number of hydrogen-bond donors (Lipinski definition) is 1. The van der Waals surface area contributed by atoms with Gasteiger partial charge in [-0.1, -0.05) is 41.9 Å². The second kappa shape index (κ2) is 5.06. The summed E-state index contributed by atoms with van der Waals surface area (Å²) in [6, 6.07) is 13.3. The lowest BCUT2D eigenvalue weighted by atomic mass is 10.2. The number of ether oxygens (including phenoxy) is 1. The van der Waals surface area contributed by atoms with E-state index in [1.54, 1.807) is 36.4 Å². The van der Waals surface area contributed by atoms with Crippen molar-refractivity contribution in [2.75, 3.05) is 5.73 Å². The summed E-state index contributed by atoms with van der Waals surface area (Å²) in [7, 11) is 0. The number of hydrogen-bond acceptors (Lipinski definition) is 2. The van der Waals surface area contributed by atoms with Crippen LogP contribution in [0.4, 0.5) is 10.1 Å². The van der Waals surface area contributed by atoms with Gasteiger partial charge in [0, 0.05) is 11.3 Å². The van der Waals surface area contributed by atoms with Crippen molar-refractivity contribution in [2.45, 2.75) is 6.36 Å². The summed E-state index contributed by atoms with van der Waals surface area (Å²) in [6.07, 6.45) is -1.54. The van der Waals surface area contributed by atoms with Gasteiger partial charge in [-0.05, 0) is 18.2 Å². The standard InChI is InChI=1S/C13H11ClFNO/c14-11-8-10(16)6-7-12(11)17-13(15)9-4-2-1-3-5-9/h1-8,13H,16H2. The maximum absolute atomic E-state index is 13.8. The van der Waals surface area contributed by atoms with Crippen molar-refractivity contribution in [3.8, 4) is 5.75 Å². The number of nitrogens with two attached hydrogens (primary N) is 1. The van der Waals surface area contributed by atoms with Crippen molar-refractivity contribution in [1.29, 1.82) is 0 Å². The Morgan fingerprint density at radius 3 is 2.47 bits per heavy atom. The molecule has 88 valence electrons. The number of nitrogen functional groups attached to an aromatic ring is 1. The molecule has 0 aromatic heterocycles. The van der Waals surface area contributed by atoms with Gasteiger partial charge in [0.1, 0.15) is 5.75 Å². The highest BCUT2D eigenvalue weighted by Gasteiger charge is 2.12. The van der Waals surface area contributed by atoms with Crippen LogP contribution in [-0.4, -0.2) is 0 Å². The largest absolute Gasteiger partial charge is 0.455 e. The summed E-state index contributed by atoms with van der Waals surface area (Å²) in [6.45, 7) is 0. The predicted molar refractivity (Wildman–Crippen MR) is 66.8 cm³/mol. The van der Waals surface area contributed by atoms with Crippen LogP contribution in [0.1, 0.15) is 11.9 Å². The molecule has 0 saturated carbocycles. The van der Waals surface area contributed by atoms with E-state index in [-0.39, 0.29) is 5.75 Å². The Hall–Kier alpha value is -1.74. The lowest BCUT2D eigenvalue weighted by Gasteiger charge is -2.13. The zero-order valence-corrected chi connectivity index (χ0v) is 9.69. The molecule has 0 saturated heterocycles. The topological polar surface area (TPSA) is 35.2 Å². The van der Waals surface area contributed by atoms with E-state index in [4.69, 9.17) is 22.1 Å². The van der Waals surface area contributed by atoms with E-state index in [1.807, 2.05) is 6.07 Å². The number of anilines is 1. The Kier molecular flexibility index (Phi) is 3.49. The molecular weight excluding hydrogens is 241 g/mol. The molecule has 2 N–H and O–H groups in total. The van der Waals surface area contributed by atoms with Crippen LogP contribution in [0.25, 0.3) is 0 Å². The first-order chi connectivity index (χ1) is 8.16. The monoisotopic (exact) mass is 251 g/mol. The van der Waals surface area contributed by atoms with Crippen LogP contribution in [0.3, 0.4) is 0 Å². The van der Waals surface area contributed by atoms with Crippen LogP contribution in [0, 0.1) is 0 Å². The van der Waals surface area contributed by atoms with Crippen molar-refractivity contribution < 1.29 is 9.13 Å². The number of halogens is 2. The highest BCUT2D eigenvalue weighted by molar-refractivity contribution is 6.32. The minimum Gasteiger partial charge on any atom is -0.455 e. The van der Waals surface area contributed by atoms with Crippen LogP contribution >= 0.6 is 11.6 Å². The van der Waals surface area contributed by atoms with Crippen molar-refractivity contribution >= 4 is 17.3 Å². The molecule has 2 nitrogen and oxygen atoms in total. The molecule has 0 spiro atoms. The van der Waals surface area contributed by atoms with E-state index in [0.29, 0.717) is 16.3 Å². The third-order valence-electron chi connectivity index (χ3n) is 2.25. The van der Waals surface area contributed by atoms with E-state index in [1.165, 1.54) is 6.07 Å². The summed E-state index contributed by atoms with van der Waals surface area (Å²) in [5.74, 6) is 0.275. The summed E-state index contributed by atoms with van der Waals surface area (Å²) < 4.78 is 18.9. The first kappa shape index (κ1) is 11.7. The molecule has 0 aliphatic carbocycles. The molecule has 2 rings (SSSR count). The maximum atomic E-state index is 13.8. The molecule has 0 aliphatic heterocycles. The van der Waals surface area contributed by atoms with E-state index >= 15 is 0 Å². The fourth-order valence-corrected chi connectivity index (χ4v) is 1.63. The fraction of sp³-hybridized carbons (Fsp3) is 0.0769. The molecule has 1 atom stereocenters. The third-order valence-corrected chi connectivity index (χ3v) is 2.54. The average Bonchev–Trinajstić information content (AvgIpc) is 2.34. The average molecular weight is 252 g/mol. The van der Waals surface area contributed by atoms with Gasteiger partial charge in [-0.15, -0.1) is 0 Å². The second-order valence-corrected chi connectivity index (χ2v) is 3.94. The highest BCUT2D eigenvalue weighted by Crippen LogP contribution is 2.31. The van der Waals surface area contributed by atoms with E-state index in [9.17, 15) is 4.39 Å². The Morgan fingerprint density at radius 1 is 1.12 bits per heavy atom. The van der Waals surface area contributed by atoms with Crippen molar-refractivity contribution in [3.63, 3.8) is 0 Å². The number of benzene rings is 2. The van der Waals surface area contributed by atoms with Gasteiger partial charge in [-0.25, -0.2) is 0 Å². The molecular formula is C13H11ClFNO. The summed E-state index contributed by atoms with van der Waals surface area (Å²) >= 11 is 5.89. The molecule has 17 heavy (non-hydrogen) atoms. The molecule has 0 amide bonds. The lowest BCUT2D eigenvalue weighted by Crippen LogP contribution is -2.01. The molecule has 0 aliphatic rings. The summed E-state index contributed by atoms with van der Waals surface area (Å²) in [4.78, 5) is 0. The van der Waals surface area contributed by atoms with Crippen LogP contribution < -0.4 is 10.5 Å². The summed E-state index contributed by atoms with van der Waals surface area (Å²) in [5, 5.41) is 0.295. The molecule has 2 aromatic rings. The Labute approximate surface area is 104 Å². The first-order valence-corrected chi connectivity index (χ1v) is 5.45. The van der Waals surface area contributed by atoms with Crippen LogP contribution in [0.2, 0.25) is 5.02 Å². The van der Waals surface area contributed by atoms with Gasteiger partial charge in [0.25, 0.3) is 6.36 Å². The number of alkyl halides is 1. The van der Waals surface area contributed by atoms with E-state index in [2.05, 4.69) is 0 Å². The number of rotatable bonds is 3. The third kappa shape index (κ3) is 2.88. The van der Waals surface area contributed by atoms with Gasteiger partial charge in [0.05, 0.1) is 5.02 Å². The van der Waals surface area contributed by atoms with Gasteiger partial charge < -0.3 is 10.5 Å². The smallest absolute Gasteiger partial charge is 0.264 e. The van der Waals surface area contributed by atoms with Crippen LogP contribution in [0.5, 0.6) is 5.75 Å². The molecule has 4 heteroatoms. The Morgan fingerprint density at radius 2 is 1.82 bits per heavy atom. The van der Waals surface area contributed by atoms with Gasteiger partial charge in [-0.2, -0.15) is 4.39 Å². The molecule has 0 heterocycles. The van der Waals surface area contributed by atoms with Gasteiger partial charge in [0.2, 0.25) is 0 Å². The minimum atomic E-state index is -1.54. The van der Waals surface area contributed by atoms with Crippen molar-refractivity contribution in [3.05, 3.63) is 59.1 Å². The van der Waals surface area contributed by atoms with Gasteiger partial charge in [0.15, 0.2) is 0 Å². The Bertz CT molecular complexity index is 504. The maximum Gasteiger partial charge on any atom is 0.264 e. The molecule has 2 aromatic carbocycles. The first-order valence-electron chi connectivity index (χ1n) is 5.07. The van der Waals surface area contributed by atoms with E-state index in [0.717, 1.165) is 0 Å². The predicted octanol–water partition coefficient (Wildman–Crippen LogP) is 3.97. The zero-order chi connectivity index (χ0) is 12.3. The minimum absolute atomic E-state index is 0.275. The summed E-state index contributed by atoms with van der Waals surface area (Å²) in [5.41, 5.74) is 6.49. The molecule has 0 fully saturated rings. The lowest BCUT2D eigenvalue weighted by molar-refractivity contribution is 0.0673. The zero-order valence-electron chi connectivity index (χ0n) is 8.94.